The van der Waals surface area contributed by atoms with E-state index in [2.05, 4.69) is 16.2 Å². The van der Waals surface area contributed by atoms with Crippen LogP contribution in [0.15, 0.2) is 30.3 Å². The van der Waals surface area contributed by atoms with Gasteiger partial charge in [0.25, 0.3) is 0 Å². The van der Waals surface area contributed by atoms with Gasteiger partial charge in [-0.25, -0.2) is 5.43 Å². The molecule has 3 N–H and O–H groups in total. The van der Waals surface area contributed by atoms with Crippen LogP contribution in [-0.2, 0) is 4.79 Å². The fourth-order valence-corrected chi connectivity index (χ4v) is 2.11. The van der Waals surface area contributed by atoms with Crippen molar-refractivity contribution in [1.82, 2.24) is 16.2 Å². The van der Waals surface area contributed by atoms with Crippen molar-refractivity contribution < 1.29 is 4.79 Å². The first-order valence-electron chi connectivity index (χ1n) is 6.02. The number of hydrogen-bond acceptors (Lipinski definition) is 3. The Morgan fingerprint density at radius 3 is 2.71 bits per heavy atom. The SMILES string of the molecule is CC(C)NC(=O)C1CNNC1c1ccccc1. The van der Waals surface area contributed by atoms with Crippen LogP contribution in [0.3, 0.4) is 0 Å². The maximum absolute atomic E-state index is 12.0. The van der Waals surface area contributed by atoms with E-state index in [1.165, 1.54) is 0 Å². The average molecular weight is 233 g/mol. The van der Waals surface area contributed by atoms with Gasteiger partial charge in [-0.2, -0.15) is 0 Å². The Morgan fingerprint density at radius 1 is 1.35 bits per heavy atom. The van der Waals surface area contributed by atoms with Crippen LogP contribution in [0.1, 0.15) is 25.5 Å². The summed E-state index contributed by atoms with van der Waals surface area (Å²) in [5.74, 6) is 0.0474. The highest BCUT2D eigenvalue weighted by molar-refractivity contribution is 5.80. The highest BCUT2D eigenvalue weighted by Gasteiger charge is 2.33. The Balaban J connectivity index is 2.10. The molecule has 4 heteroatoms. The number of nitrogens with one attached hydrogen (secondary N) is 3. The minimum Gasteiger partial charge on any atom is -0.354 e. The normalized spacial score (nSPS) is 23.9. The average Bonchev–Trinajstić information content (AvgIpc) is 2.78. The predicted molar refractivity (Wildman–Crippen MR) is 67.1 cm³/mol. The molecule has 1 heterocycles. The van der Waals surface area contributed by atoms with Gasteiger partial charge in [0.2, 0.25) is 5.91 Å². The molecule has 1 fully saturated rings. The summed E-state index contributed by atoms with van der Waals surface area (Å²) >= 11 is 0. The second-order valence-corrected chi connectivity index (χ2v) is 4.68. The van der Waals surface area contributed by atoms with Crippen LogP contribution < -0.4 is 16.2 Å². The summed E-state index contributed by atoms with van der Waals surface area (Å²) < 4.78 is 0. The Labute approximate surface area is 102 Å². The molecule has 1 aliphatic heterocycles. The molecule has 1 saturated heterocycles. The van der Waals surface area contributed by atoms with E-state index in [-0.39, 0.29) is 23.9 Å². The highest BCUT2D eigenvalue weighted by Crippen LogP contribution is 2.24. The summed E-state index contributed by atoms with van der Waals surface area (Å²) in [6.07, 6.45) is 0. The summed E-state index contributed by atoms with van der Waals surface area (Å²) in [5.41, 5.74) is 7.37. The van der Waals surface area contributed by atoms with Gasteiger partial charge >= 0.3 is 0 Å². The van der Waals surface area contributed by atoms with E-state index in [0.29, 0.717) is 6.54 Å². The van der Waals surface area contributed by atoms with Crippen LogP contribution in [0.5, 0.6) is 0 Å². The molecule has 92 valence electrons. The van der Waals surface area contributed by atoms with Crippen LogP contribution >= 0.6 is 0 Å². The fraction of sp³-hybridized carbons (Fsp3) is 0.462. The van der Waals surface area contributed by atoms with Gasteiger partial charge in [0.1, 0.15) is 0 Å². The maximum atomic E-state index is 12.0. The molecule has 17 heavy (non-hydrogen) atoms. The number of hydrogen-bond donors (Lipinski definition) is 3. The van der Waals surface area contributed by atoms with E-state index in [4.69, 9.17) is 0 Å². The molecule has 2 unspecified atom stereocenters. The Kier molecular flexibility index (Phi) is 3.76. The zero-order valence-corrected chi connectivity index (χ0v) is 10.2. The summed E-state index contributed by atoms with van der Waals surface area (Å²) in [6.45, 7) is 4.62. The topological polar surface area (TPSA) is 53.2 Å². The first-order valence-corrected chi connectivity index (χ1v) is 6.02. The zero-order chi connectivity index (χ0) is 12.3. The van der Waals surface area contributed by atoms with Gasteiger partial charge in [0.15, 0.2) is 0 Å². The molecule has 0 aromatic heterocycles. The molecule has 1 aromatic rings. The number of hydrazine groups is 1. The highest BCUT2D eigenvalue weighted by atomic mass is 16.2. The lowest BCUT2D eigenvalue weighted by atomic mass is 9.94. The third-order valence-corrected chi connectivity index (χ3v) is 2.91. The number of rotatable bonds is 3. The lowest BCUT2D eigenvalue weighted by molar-refractivity contribution is -0.125. The molecule has 0 radical (unpaired) electrons. The van der Waals surface area contributed by atoms with Crippen molar-refractivity contribution in [3.63, 3.8) is 0 Å². The third kappa shape index (κ3) is 2.84. The van der Waals surface area contributed by atoms with Crippen molar-refractivity contribution >= 4 is 5.91 Å². The van der Waals surface area contributed by atoms with Crippen molar-refractivity contribution in [1.29, 1.82) is 0 Å². The zero-order valence-electron chi connectivity index (χ0n) is 10.2. The van der Waals surface area contributed by atoms with Gasteiger partial charge in [-0.05, 0) is 19.4 Å². The third-order valence-electron chi connectivity index (χ3n) is 2.91. The van der Waals surface area contributed by atoms with Crippen LogP contribution in [0.4, 0.5) is 0 Å². The number of carbonyl (C=O) groups is 1. The monoisotopic (exact) mass is 233 g/mol. The van der Waals surface area contributed by atoms with E-state index in [0.717, 1.165) is 5.56 Å². The Bertz CT molecular complexity index is 378. The van der Waals surface area contributed by atoms with Gasteiger partial charge in [-0.3, -0.25) is 10.2 Å². The first kappa shape index (κ1) is 12.1. The molecule has 0 aliphatic carbocycles. The maximum Gasteiger partial charge on any atom is 0.226 e. The molecule has 1 aromatic carbocycles. The van der Waals surface area contributed by atoms with E-state index in [1.807, 2.05) is 44.2 Å². The second kappa shape index (κ2) is 5.29. The van der Waals surface area contributed by atoms with Crippen molar-refractivity contribution in [2.45, 2.75) is 25.9 Å². The lowest BCUT2D eigenvalue weighted by Crippen LogP contribution is -2.38. The standard InChI is InChI=1S/C13H19N3O/c1-9(2)15-13(17)11-8-14-16-12(11)10-6-4-3-5-7-10/h3-7,9,11-12,14,16H,8H2,1-2H3,(H,15,17). The van der Waals surface area contributed by atoms with Gasteiger partial charge in [-0.15, -0.1) is 0 Å². The van der Waals surface area contributed by atoms with Gasteiger partial charge in [0.05, 0.1) is 12.0 Å². The first-order chi connectivity index (χ1) is 8.18. The minimum atomic E-state index is -0.0557. The number of carbonyl (C=O) groups excluding carboxylic acids is 1. The molecule has 1 aliphatic rings. The molecular formula is C13H19N3O. The van der Waals surface area contributed by atoms with Crippen molar-refractivity contribution in [3.05, 3.63) is 35.9 Å². The molecule has 0 saturated carbocycles. The van der Waals surface area contributed by atoms with E-state index >= 15 is 0 Å². The molecule has 4 nitrogen and oxygen atoms in total. The van der Waals surface area contributed by atoms with E-state index in [9.17, 15) is 4.79 Å². The van der Waals surface area contributed by atoms with Gasteiger partial charge < -0.3 is 5.32 Å². The Morgan fingerprint density at radius 2 is 2.06 bits per heavy atom. The van der Waals surface area contributed by atoms with Crippen LogP contribution in [0.25, 0.3) is 0 Å². The number of benzene rings is 1. The molecule has 0 spiro atoms. The molecule has 2 rings (SSSR count). The van der Waals surface area contributed by atoms with Crippen molar-refractivity contribution in [2.75, 3.05) is 6.54 Å². The van der Waals surface area contributed by atoms with Crippen molar-refractivity contribution in [2.24, 2.45) is 5.92 Å². The number of amides is 1. The summed E-state index contributed by atoms with van der Waals surface area (Å²) in [4.78, 5) is 12.0. The Hall–Kier alpha value is -1.39. The molecule has 2 atom stereocenters. The molecule has 0 bridgehead atoms. The fourth-order valence-electron chi connectivity index (χ4n) is 2.11. The van der Waals surface area contributed by atoms with Crippen LogP contribution in [0.2, 0.25) is 0 Å². The smallest absolute Gasteiger partial charge is 0.226 e. The molecule has 1 amide bonds. The van der Waals surface area contributed by atoms with Crippen molar-refractivity contribution in [3.8, 4) is 0 Å². The van der Waals surface area contributed by atoms with E-state index < -0.39 is 0 Å². The quantitative estimate of drug-likeness (QED) is 0.729. The van der Waals surface area contributed by atoms with Gasteiger partial charge in [0, 0.05) is 12.6 Å². The largest absolute Gasteiger partial charge is 0.354 e. The summed E-state index contributed by atoms with van der Waals surface area (Å²) in [5, 5.41) is 2.97. The minimum absolute atomic E-state index is 0.0509. The van der Waals surface area contributed by atoms with Gasteiger partial charge in [-0.1, -0.05) is 30.3 Å². The predicted octanol–water partition coefficient (Wildman–Crippen LogP) is 0.976. The van der Waals surface area contributed by atoms with Crippen LogP contribution in [-0.4, -0.2) is 18.5 Å². The van der Waals surface area contributed by atoms with Crippen LogP contribution in [0, 0.1) is 5.92 Å². The molecular weight excluding hydrogens is 214 g/mol. The second-order valence-electron chi connectivity index (χ2n) is 4.68. The summed E-state index contributed by atoms with van der Waals surface area (Å²) in [7, 11) is 0. The summed E-state index contributed by atoms with van der Waals surface area (Å²) in [6, 6.07) is 10.3. The lowest BCUT2D eigenvalue weighted by Gasteiger charge is -2.19. The van der Waals surface area contributed by atoms with E-state index in [1.54, 1.807) is 0 Å².